The summed E-state index contributed by atoms with van der Waals surface area (Å²) in [5, 5.41) is 6.67. The summed E-state index contributed by atoms with van der Waals surface area (Å²) in [6.07, 6.45) is 0.885. The van der Waals surface area contributed by atoms with Gasteiger partial charge in [0.2, 0.25) is 5.91 Å². The standard InChI is InChI=1S/C14H13BrCl2N2OS/c15-12-5-4-9(21-12)6-7-18-8-13(20)19-14-10(16)2-1-3-11(14)17/h1-5,18H,6-8H2,(H,19,20). The van der Waals surface area contributed by atoms with Gasteiger partial charge in [-0.25, -0.2) is 0 Å². The molecule has 7 heteroatoms. The summed E-state index contributed by atoms with van der Waals surface area (Å²) in [7, 11) is 0. The molecule has 112 valence electrons. The first-order valence-electron chi connectivity index (χ1n) is 6.25. The molecule has 0 atom stereocenters. The lowest BCUT2D eigenvalue weighted by atomic mass is 10.3. The minimum atomic E-state index is -0.169. The third-order valence-electron chi connectivity index (χ3n) is 2.69. The molecule has 0 radical (unpaired) electrons. The highest BCUT2D eigenvalue weighted by atomic mass is 79.9. The van der Waals surface area contributed by atoms with Crippen LogP contribution in [-0.4, -0.2) is 19.0 Å². The van der Waals surface area contributed by atoms with Crippen molar-refractivity contribution < 1.29 is 4.79 Å². The Morgan fingerprint density at radius 1 is 1.19 bits per heavy atom. The molecule has 2 N–H and O–H groups in total. The van der Waals surface area contributed by atoms with Crippen molar-refractivity contribution in [3.05, 3.63) is 49.0 Å². The van der Waals surface area contributed by atoms with Crippen LogP contribution in [0.15, 0.2) is 34.1 Å². The first-order valence-corrected chi connectivity index (χ1v) is 8.61. The normalized spacial score (nSPS) is 10.6. The highest BCUT2D eigenvalue weighted by molar-refractivity contribution is 9.11. The second kappa shape index (κ2) is 8.15. The molecule has 0 saturated heterocycles. The van der Waals surface area contributed by atoms with Crippen LogP contribution in [0.1, 0.15) is 4.88 Å². The Labute approximate surface area is 145 Å². The number of carbonyl (C=O) groups is 1. The predicted molar refractivity (Wildman–Crippen MR) is 93.7 cm³/mol. The number of benzene rings is 1. The van der Waals surface area contributed by atoms with Crippen molar-refractivity contribution >= 4 is 62.1 Å². The monoisotopic (exact) mass is 406 g/mol. The van der Waals surface area contributed by atoms with Crippen molar-refractivity contribution in [2.45, 2.75) is 6.42 Å². The number of hydrogen-bond donors (Lipinski definition) is 2. The zero-order valence-corrected chi connectivity index (χ0v) is 14.9. The molecule has 0 aliphatic carbocycles. The van der Waals surface area contributed by atoms with E-state index in [2.05, 4.69) is 32.6 Å². The van der Waals surface area contributed by atoms with Crippen molar-refractivity contribution in [2.24, 2.45) is 0 Å². The van der Waals surface area contributed by atoms with E-state index in [1.807, 2.05) is 6.07 Å². The van der Waals surface area contributed by atoms with E-state index in [0.29, 0.717) is 15.7 Å². The fraction of sp³-hybridized carbons (Fsp3) is 0.214. The van der Waals surface area contributed by atoms with Gasteiger partial charge in [0.05, 0.1) is 26.1 Å². The van der Waals surface area contributed by atoms with Gasteiger partial charge in [-0.2, -0.15) is 0 Å². The summed E-state index contributed by atoms with van der Waals surface area (Å²) >= 11 is 17.1. The molecular weight excluding hydrogens is 395 g/mol. The predicted octanol–water partition coefficient (Wildman–Crippen LogP) is 4.59. The number of carbonyl (C=O) groups excluding carboxylic acids is 1. The molecular formula is C14H13BrCl2N2OS. The van der Waals surface area contributed by atoms with Gasteiger partial charge < -0.3 is 10.6 Å². The van der Waals surface area contributed by atoms with E-state index in [1.165, 1.54) is 4.88 Å². The van der Waals surface area contributed by atoms with Crippen LogP contribution in [0.25, 0.3) is 0 Å². The lowest BCUT2D eigenvalue weighted by molar-refractivity contribution is -0.115. The van der Waals surface area contributed by atoms with E-state index in [9.17, 15) is 4.79 Å². The van der Waals surface area contributed by atoms with E-state index in [4.69, 9.17) is 23.2 Å². The Kier molecular flexibility index (Phi) is 6.51. The van der Waals surface area contributed by atoms with Crippen molar-refractivity contribution in [1.82, 2.24) is 5.32 Å². The van der Waals surface area contributed by atoms with Gasteiger partial charge in [0.1, 0.15) is 0 Å². The third kappa shape index (κ3) is 5.27. The van der Waals surface area contributed by atoms with Gasteiger partial charge in [0, 0.05) is 11.4 Å². The number of nitrogens with one attached hydrogen (secondary N) is 2. The quantitative estimate of drug-likeness (QED) is 0.687. The van der Waals surface area contributed by atoms with Gasteiger partial charge in [0.25, 0.3) is 0 Å². The van der Waals surface area contributed by atoms with Gasteiger partial charge in [-0.05, 0) is 46.6 Å². The number of amides is 1. The van der Waals surface area contributed by atoms with E-state index < -0.39 is 0 Å². The van der Waals surface area contributed by atoms with Gasteiger partial charge in [-0.3, -0.25) is 4.79 Å². The number of anilines is 1. The van der Waals surface area contributed by atoms with E-state index in [0.717, 1.165) is 16.8 Å². The summed E-state index contributed by atoms with van der Waals surface area (Å²) in [5.41, 5.74) is 0.454. The number of hydrogen-bond acceptors (Lipinski definition) is 3. The minimum absolute atomic E-state index is 0.169. The van der Waals surface area contributed by atoms with Crippen LogP contribution in [0, 0.1) is 0 Å². The second-order valence-corrected chi connectivity index (χ2v) is 7.64. The maximum atomic E-state index is 11.8. The number of halogens is 3. The number of para-hydroxylation sites is 1. The van der Waals surface area contributed by atoms with Gasteiger partial charge >= 0.3 is 0 Å². The molecule has 1 amide bonds. The molecule has 1 heterocycles. The smallest absolute Gasteiger partial charge is 0.238 e. The van der Waals surface area contributed by atoms with Crippen molar-refractivity contribution in [3.8, 4) is 0 Å². The van der Waals surface area contributed by atoms with Crippen LogP contribution >= 0.6 is 50.5 Å². The van der Waals surface area contributed by atoms with Gasteiger partial charge in [0.15, 0.2) is 0 Å². The molecule has 21 heavy (non-hydrogen) atoms. The molecule has 1 aromatic heterocycles. The lowest BCUT2D eigenvalue weighted by Gasteiger charge is -2.09. The molecule has 3 nitrogen and oxygen atoms in total. The van der Waals surface area contributed by atoms with Crippen LogP contribution in [-0.2, 0) is 11.2 Å². The highest BCUT2D eigenvalue weighted by Crippen LogP contribution is 2.29. The Hall–Kier alpha value is -0.590. The van der Waals surface area contributed by atoms with Crippen LogP contribution in [0.4, 0.5) is 5.69 Å². The molecule has 0 fully saturated rings. The zero-order valence-electron chi connectivity index (χ0n) is 11.0. The molecule has 0 aliphatic heterocycles. The summed E-state index contributed by atoms with van der Waals surface area (Å²) in [6.45, 7) is 0.949. The van der Waals surface area contributed by atoms with Crippen LogP contribution < -0.4 is 10.6 Å². The average Bonchev–Trinajstić information content (AvgIpc) is 2.85. The first-order chi connectivity index (χ1) is 10.1. The van der Waals surface area contributed by atoms with Crippen molar-refractivity contribution in [3.63, 3.8) is 0 Å². The molecule has 0 aliphatic rings. The largest absolute Gasteiger partial charge is 0.322 e. The minimum Gasteiger partial charge on any atom is -0.322 e. The van der Waals surface area contributed by atoms with E-state index in [-0.39, 0.29) is 12.5 Å². The Balaban J connectivity index is 1.75. The molecule has 0 spiro atoms. The maximum absolute atomic E-state index is 11.8. The topological polar surface area (TPSA) is 41.1 Å². The second-order valence-electron chi connectivity index (χ2n) is 4.28. The summed E-state index contributed by atoms with van der Waals surface area (Å²) in [4.78, 5) is 13.1. The molecule has 0 unspecified atom stereocenters. The van der Waals surface area contributed by atoms with Crippen LogP contribution in [0.3, 0.4) is 0 Å². The Bertz CT molecular complexity index is 613. The zero-order chi connectivity index (χ0) is 15.2. The average molecular weight is 408 g/mol. The van der Waals surface area contributed by atoms with Gasteiger partial charge in [-0.1, -0.05) is 29.3 Å². The summed E-state index contributed by atoms with van der Waals surface area (Å²) in [6, 6.07) is 9.19. The summed E-state index contributed by atoms with van der Waals surface area (Å²) < 4.78 is 1.11. The molecule has 2 aromatic rings. The number of thiophene rings is 1. The molecule has 0 saturated carbocycles. The van der Waals surface area contributed by atoms with Crippen molar-refractivity contribution in [2.75, 3.05) is 18.4 Å². The van der Waals surface area contributed by atoms with E-state index >= 15 is 0 Å². The summed E-state index contributed by atoms with van der Waals surface area (Å²) in [5.74, 6) is -0.169. The highest BCUT2D eigenvalue weighted by Gasteiger charge is 2.09. The third-order valence-corrected chi connectivity index (χ3v) is 5.00. The van der Waals surface area contributed by atoms with Crippen LogP contribution in [0.5, 0.6) is 0 Å². The number of rotatable bonds is 6. The maximum Gasteiger partial charge on any atom is 0.238 e. The SMILES string of the molecule is O=C(CNCCc1ccc(Br)s1)Nc1c(Cl)cccc1Cl. The van der Waals surface area contributed by atoms with Gasteiger partial charge in [-0.15, -0.1) is 11.3 Å². The fourth-order valence-electron chi connectivity index (χ4n) is 1.70. The first kappa shape index (κ1) is 16.8. The lowest BCUT2D eigenvalue weighted by Crippen LogP contribution is -2.29. The molecule has 1 aromatic carbocycles. The fourth-order valence-corrected chi connectivity index (χ4v) is 3.68. The Morgan fingerprint density at radius 2 is 1.90 bits per heavy atom. The Morgan fingerprint density at radius 3 is 2.52 bits per heavy atom. The van der Waals surface area contributed by atoms with Crippen LogP contribution in [0.2, 0.25) is 10.0 Å². The van der Waals surface area contributed by atoms with E-state index in [1.54, 1.807) is 29.5 Å². The molecule has 2 rings (SSSR count). The van der Waals surface area contributed by atoms with Crippen molar-refractivity contribution in [1.29, 1.82) is 0 Å². The molecule has 0 bridgehead atoms.